The smallest absolute Gasteiger partial charge is 0.140 e. The summed E-state index contributed by atoms with van der Waals surface area (Å²) in [5.74, 6) is 1.26. The van der Waals surface area contributed by atoms with Crippen molar-refractivity contribution in [3.8, 4) is 5.75 Å². The highest BCUT2D eigenvalue weighted by molar-refractivity contribution is 9.10. The minimum absolute atomic E-state index is 0.531. The molecular weight excluding hydrogens is 320 g/mol. The molecule has 0 amide bonds. The first kappa shape index (κ1) is 13.1. The molecule has 0 aliphatic heterocycles. The minimum atomic E-state index is -0.801. The highest BCUT2D eigenvalue weighted by atomic mass is 79.9. The summed E-state index contributed by atoms with van der Waals surface area (Å²) in [5, 5.41) is 10.4. The van der Waals surface area contributed by atoms with Crippen molar-refractivity contribution in [3.63, 3.8) is 0 Å². The molecule has 1 aromatic heterocycles. The number of fused-ring (bicyclic) bond motifs is 1. The van der Waals surface area contributed by atoms with Crippen molar-refractivity contribution in [1.29, 1.82) is 0 Å². The molecule has 0 fully saturated rings. The fraction of sp³-hybridized carbons (Fsp3) is 0.133. The monoisotopic (exact) mass is 332 g/mol. The minimum Gasteiger partial charge on any atom is -0.496 e. The second-order valence-corrected chi connectivity index (χ2v) is 5.29. The fourth-order valence-electron chi connectivity index (χ4n) is 2.11. The predicted molar refractivity (Wildman–Crippen MR) is 80.8 cm³/mol. The predicted octanol–water partition coefficient (Wildman–Crippen LogP) is 3.42. The molecule has 3 rings (SSSR count). The molecule has 5 heteroatoms. The maximum absolute atomic E-state index is 10.4. The first-order chi connectivity index (χ1) is 9.69. The average Bonchev–Trinajstić information content (AvgIpc) is 2.90. The number of methoxy groups -OCH3 is 1. The number of aromatic amines is 1. The van der Waals surface area contributed by atoms with Gasteiger partial charge >= 0.3 is 0 Å². The third kappa shape index (κ3) is 2.30. The molecule has 3 aromatic rings. The molecule has 1 atom stereocenters. The lowest BCUT2D eigenvalue weighted by atomic mass is 10.1. The number of ether oxygens (including phenoxy) is 1. The standard InChI is InChI=1S/C15H13BrN2O2/c1-20-13-7-6-9(8-10(13)16)14(19)15-17-11-4-2-3-5-12(11)18-15/h2-8,14,19H,1H3,(H,17,18). The highest BCUT2D eigenvalue weighted by Crippen LogP contribution is 2.30. The normalized spacial score (nSPS) is 12.6. The highest BCUT2D eigenvalue weighted by Gasteiger charge is 2.16. The van der Waals surface area contributed by atoms with Gasteiger partial charge in [-0.3, -0.25) is 0 Å². The number of nitrogens with zero attached hydrogens (tertiary/aromatic N) is 1. The van der Waals surface area contributed by atoms with Gasteiger partial charge in [-0.05, 0) is 45.8 Å². The molecule has 1 heterocycles. The number of nitrogens with one attached hydrogen (secondary N) is 1. The third-order valence-electron chi connectivity index (χ3n) is 3.16. The van der Waals surface area contributed by atoms with Crippen LogP contribution in [0.5, 0.6) is 5.75 Å². The van der Waals surface area contributed by atoms with Crippen molar-refractivity contribution in [2.24, 2.45) is 0 Å². The number of hydrogen-bond acceptors (Lipinski definition) is 3. The molecule has 2 aromatic carbocycles. The van der Waals surface area contributed by atoms with E-state index in [1.165, 1.54) is 0 Å². The maximum atomic E-state index is 10.4. The zero-order valence-corrected chi connectivity index (χ0v) is 12.4. The molecule has 0 aliphatic carbocycles. The van der Waals surface area contributed by atoms with Crippen LogP contribution in [0.25, 0.3) is 11.0 Å². The van der Waals surface area contributed by atoms with Crippen LogP contribution in [0, 0.1) is 0 Å². The molecule has 102 valence electrons. The van der Waals surface area contributed by atoms with Crippen LogP contribution < -0.4 is 4.74 Å². The molecule has 0 saturated heterocycles. The van der Waals surface area contributed by atoms with E-state index in [0.29, 0.717) is 5.82 Å². The first-order valence-corrected chi connectivity index (χ1v) is 6.94. The number of halogens is 1. The molecule has 0 bridgehead atoms. The Morgan fingerprint density at radius 1 is 1.25 bits per heavy atom. The number of aliphatic hydroxyl groups excluding tert-OH is 1. The molecule has 20 heavy (non-hydrogen) atoms. The van der Waals surface area contributed by atoms with Crippen LogP contribution in [0.1, 0.15) is 17.5 Å². The number of aliphatic hydroxyl groups is 1. The second kappa shape index (κ2) is 5.26. The Kier molecular flexibility index (Phi) is 3.46. The summed E-state index contributed by atoms with van der Waals surface area (Å²) in [6, 6.07) is 13.2. The lowest BCUT2D eigenvalue weighted by molar-refractivity contribution is 0.211. The molecule has 1 unspecified atom stereocenters. The van der Waals surface area contributed by atoms with Crippen LogP contribution >= 0.6 is 15.9 Å². The number of rotatable bonds is 3. The van der Waals surface area contributed by atoms with Crippen LogP contribution in [0.4, 0.5) is 0 Å². The van der Waals surface area contributed by atoms with Gasteiger partial charge in [-0.15, -0.1) is 0 Å². The van der Waals surface area contributed by atoms with Gasteiger partial charge < -0.3 is 14.8 Å². The van der Waals surface area contributed by atoms with E-state index in [1.807, 2.05) is 42.5 Å². The first-order valence-electron chi connectivity index (χ1n) is 6.15. The van der Waals surface area contributed by atoms with Gasteiger partial charge in [0, 0.05) is 0 Å². The summed E-state index contributed by atoms with van der Waals surface area (Å²) in [7, 11) is 1.61. The van der Waals surface area contributed by atoms with Crippen LogP contribution in [-0.2, 0) is 0 Å². The SMILES string of the molecule is COc1ccc(C(O)c2nc3ccccc3[nH]2)cc1Br. The largest absolute Gasteiger partial charge is 0.496 e. The van der Waals surface area contributed by atoms with E-state index in [1.54, 1.807) is 7.11 Å². The Morgan fingerprint density at radius 2 is 2.05 bits per heavy atom. The van der Waals surface area contributed by atoms with E-state index in [4.69, 9.17) is 4.74 Å². The van der Waals surface area contributed by atoms with E-state index in [0.717, 1.165) is 26.8 Å². The lowest BCUT2D eigenvalue weighted by Crippen LogP contribution is -2.02. The van der Waals surface area contributed by atoms with Crippen LogP contribution in [0.3, 0.4) is 0 Å². The zero-order valence-electron chi connectivity index (χ0n) is 10.8. The third-order valence-corrected chi connectivity index (χ3v) is 3.78. The summed E-state index contributed by atoms with van der Waals surface area (Å²) in [4.78, 5) is 7.54. The number of benzene rings is 2. The van der Waals surface area contributed by atoms with Gasteiger partial charge in [0.1, 0.15) is 17.7 Å². The van der Waals surface area contributed by atoms with Crippen molar-refractivity contribution in [2.45, 2.75) is 6.10 Å². The van der Waals surface area contributed by atoms with Gasteiger partial charge in [0.2, 0.25) is 0 Å². The lowest BCUT2D eigenvalue weighted by Gasteiger charge is -2.10. The van der Waals surface area contributed by atoms with Gasteiger partial charge in [0.05, 0.1) is 22.6 Å². The van der Waals surface area contributed by atoms with Gasteiger partial charge in [-0.25, -0.2) is 4.98 Å². The van der Waals surface area contributed by atoms with Gasteiger partial charge in [0.15, 0.2) is 0 Å². The summed E-state index contributed by atoms with van der Waals surface area (Å²) >= 11 is 3.42. The van der Waals surface area contributed by atoms with Gasteiger partial charge in [0.25, 0.3) is 0 Å². The van der Waals surface area contributed by atoms with Crippen molar-refractivity contribution < 1.29 is 9.84 Å². The molecule has 0 radical (unpaired) electrons. The molecule has 0 spiro atoms. The number of para-hydroxylation sites is 2. The van der Waals surface area contributed by atoms with Gasteiger partial charge in [-0.2, -0.15) is 0 Å². The Morgan fingerprint density at radius 3 is 2.75 bits per heavy atom. The van der Waals surface area contributed by atoms with Crippen molar-refractivity contribution >= 4 is 27.0 Å². The summed E-state index contributed by atoms with van der Waals surface area (Å²) in [6.07, 6.45) is -0.801. The number of hydrogen-bond donors (Lipinski definition) is 2. The molecule has 0 saturated carbocycles. The Labute approximate surface area is 124 Å². The number of imidazole rings is 1. The van der Waals surface area contributed by atoms with Crippen molar-refractivity contribution in [2.75, 3.05) is 7.11 Å². The fourth-order valence-corrected chi connectivity index (χ4v) is 2.67. The molecular formula is C15H13BrN2O2. The topological polar surface area (TPSA) is 58.1 Å². The molecule has 4 nitrogen and oxygen atoms in total. The molecule has 0 aliphatic rings. The quantitative estimate of drug-likeness (QED) is 0.772. The van der Waals surface area contributed by atoms with E-state index in [2.05, 4.69) is 25.9 Å². The Bertz CT molecular complexity index is 721. The summed E-state index contributed by atoms with van der Waals surface area (Å²) < 4.78 is 5.98. The summed E-state index contributed by atoms with van der Waals surface area (Å²) in [6.45, 7) is 0. The van der Waals surface area contributed by atoms with Crippen LogP contribution in [0.2, 0.25) is 0 Å². The maximum Gasteiger partial charge on any atom is 0.140 e. The van der Waals surface area contributed by atoms with E-state index in [9.17, 15) is 5.11 Å². The summed E-state index contributed by atoms with van der Waals surface area (Å²) in [5.41, 5.74) is 2.50. The van der Waals surface area contributed by atoms with E-state index in [-0.39, 0.29) is 0 Å². The average molecular weight is 333 g/mol. The van der Waals surface area contributed by atoms with Gasteiger partial charge in [-0.1, -0.05) is 18.2 Å². The number of H-pyrrole nitrogens is 1. The van der Waals surface area contributed by atoms with Crippen molar-refractivity contribution in [1.82, 2.24) is 9.97 Å². The van der Waals surface area contributed by atoms with Crippen LogP contribution in [0.15, 0.2) is 46.9 Å². The van der Waals surface area contributed by atoms with E-state index < -0.39 is 6.10 Å². The second-order valence-electron chi connectivity index (χ2n) is 4.44. The van der Waals surface area contributed by atoms with E-state index >= 15 is 0 Å². The zero-order chi connectivity index (χ0) is 14.1. The number of aromatic nitrogens is 2. The van der Waals surface area contributed by atoms with Crippen molar-refractivity contribution in [3.05, 3.63) is 58.3 Å². The Hall–Kier alpha value is -1.85. The molecule has 2 N–H and O–H groups in total. The van der Waals surface area contributed by atoms with Crippen LogP contribution in [-0.4, -0.2) is 22.2 Å². The Balaban J connectivity index is 1.99.